The molecule has 4 heteroatoms. The predicted molar refractivity (Wildman–Crippen MR) is 49.7 cm³/mol. The fraction of sp³-hybridized carbons (Fsp3) is 0.111. The Labute approximate surface area is 76.0 Å². The van der Waals surface area contributed by atoms with E-state index in [0.29, 0.717) is 5.95 Å². The first-order valence-corrected chi connectivity index (χ1v) is 3.97. The van der Waals surface area contributed by atoms with E-state index in [-0.39, 0.29) is 0 Å². The van der Waals surface area contributed by atoms with E-state index in [0.717, 1.165) is 5.69 Å². The summed E-state index contributed by atoms with van der Waals surface area (Å²) in [5.41, 5.74) is 2.21. The third-order valence-corrected chi connectivity index (χ3v) is 1.69. The molecule has 0 spiro atoms. The van der Waals surface area contributed by atoms with Gasteiger partial charge in [0, 0.05) is 5.69 Å². The summed E-state index contributed by atoms with van der Waals surface area (Å²) in [7, 11) is 0. The maximum Gasteiger partial charge on any atom is 0.223 e. The Kier molecular flexibility index (Phi) is 1.96. The molecule has 2 rings (SSSR count). The molecule has 2 aromatic rings. The first-order valence-electron chi connectivity index (χ1n) is 3.97. The highest BCUT2D eigenvalue weighted by molar-refractivity contribution is 5.52. The van der Waals surface area contributed by atoms with Gasteiger partial charge >= 0.3 is 0 Å². The molecule has 1 aromatic heterocycles. The number of hydrogen-bond acceptors (Lipinski definition) is 3. The lowest BCUT2D eigenvalue weighted by atomic mass is 10.2. The van der Waals surface area contributed by atoms with Gasteiger partial charge in [-0.2, -0.15) is 4.98 Å². The number of rotatable bonds is 2. The van der Waals surface area contributed by atoms with Gasteiger partial charge in [0.05, 0.1) is 0 Å². The topological polar surface area (TPSA) is 53.6 Å². The zero-order valence-electron chi connectivity index (χ0n) is 7.20. The van der Waals surface area contributed by atoms with E-state index in [4.69, 9.17) is 0 Å². The van der Waals surface area contributed by atoms with Crippen molar-refractivity contribution in [3.05, 3.63) is 36.2 Å². The van der Waals surface area contributed by atoms with Crippen molar-refractivity contribution in [2.75, 3.05) is 5.32 Å². The molecule has 13 heavy (non-hydrogen) atoms. The van der Waals surface area contributed by atoms with Crippen LogP contribution in [0.25, 0.3) is 0 Å². The SMILES string of the molecule is Cc1ccc(Nc2n[c]n[nH]2)cc1. The molecule has 1 heterocycles. The lowest BCUT2D eigenvalue weighted by molar-refractivity contribution is 1.09. The summed E-state index contributed by atoms with van der Waals surface area (Å²) < 4.78 is 0. The number of hydrogen-bond donors (Lipinski definition) is 2. The van der Waals surface area contributed by atoms with E-state index in [1.54, 1.807) is 0 Å². The van der Waals surface area contributed by atoms with Crippen molar-refractivity contribution in [3.8, 4) is 0 Å². The first kappa shape index (κ1) is 7.79. The number of benzene rings is 1. The molecular formula is C9H9N4. The maximum atomic E-state index is 3.83. The Balaban J connectivity index is 2.15. The van der Waals surface area contributed by atoms with E-state index in [1.807, 2.05) is 31.2 Å². The second-order valence-corrected chi connectivity index (χ2v) is 2.78. The molecule has 1 aromatic carbocycles. The third-order valence-electron chi connectivity index (χ3n) is 1.69. The van der Waals surface area contributed by atoms with Crippen molar-refractivity contribution in [3.63, 3.8) is 0 Å². The van der Waals surface area contributed by atoms with Crippen molar-refractivity contribution in [1.82, 2.24) is 15.2 Å². The van der Waals surface area contributed by atoms with Crippen LogP contribution in [0.4, 0.5) is 11.6 Å². The molecule has 1 radical (unpaired) electrons. The number of aryl methyl sites for hydroxylation is 1. The van der Waals surface area contributed by atoms with E-state index in [1.165, 1.54) is 5.56 Å². The summed E-state index contributed by atoms with van der Waals surface area (Å²) in [6.07, 6.45) is 2.44. The average molecular weight is 173 g/mol. The Morgan fingerprint density at radius 1 is 1.31 bits per heavy atom. The summed E-state index contributed by atoms with van der Waals surface area (Å²) in [5.74, 6) is 0.601. The van der Waals surface area contributed by atoms with Gasteiger partial charge in [0.1, 0.15) is 0 Å². The molecule has 0 aliphatic carbocycles. The van der Waals surface area contributed by atoms with Crippen LogP contribution in [0.1, 0.15) is 5.56 Å². The molecule has 0 aliphatic heterocycles. The Bertz CT molecular complexity index is 363. The first-order chi connectivity index (χ1) is 6.34. The van der Waals surface area contributed by atoms with Gasteiger partial charge in [-0.1, -0.05) is 17.7 Å². The lowest BCUT2D eigenvalue weighted by Gasteiger charge is -2.01. The van der Waals surface area contributed by atoms with Crippen LogP contribution >= 0.6 is 0 Å². The highest BCUT2D eigenvalue weighted by atomic mass is 15.3. The van der Waals surface area contributed by atoms with Gasteiger partial charge in [0.15, 0.2) is 0 Å². The standard InChI is InChI=1S/C9H9N4/c1-7-2-4-8(5-3-7)12-9-10-6-11-13-9/h2-5H,1H3,(H2,10,11,12,13). The molecule has 0 atom stereocenters. The number of anilines is 2. The normalized spacial score (nSPS) is 9.92. The van der Waals surface area contributed by atoms with Crippen molar-refractivity contribution >= 4 is 11.6 Å². The number of nitrogens with one attached hydrogen (secondary N) is 2. The number of aromatic amines is 1. The summed E-state index contributed by atoms with van der Waals surface area (Å²) >= 11 is 0. The van der Waals surface area contributed by atoms with Gasteiger partial charge in [-0.3, -0.25) is 0 Å². The third kappa shape index (κ3) is 1.84. The molecule has 0 aliphatic rings. The van der Waals surface area contributed by atoms with Crippen LogP contribution in [0.15, 0.2) is 24.3 Å². The maximum absolute atomic E-state index is 3.83. The quantitative estimate of drug-likeness (QED) is 0.726. The minimum atomic E-state index is 0.601. The molecule has 0 saturated heterocycles. The van der Waals surface area contributed by atoms with Crippen molar-refractivity contribution in [2.24, 2.45) is 0 Å². The predicted octanol–water partition coefficient (Wildman–Crippen LogP) is 1.66. The molecule has 0 unspecified atom stereocenters. The van der Waals surface area contributed by atoms with E-state index >= 15 is 0 Å². The lowest BCUT2D eigenvalue weighted by Crippen LogP contribution is -1.91. The van der Waals surface area contributed by atoms with Crippen molar-refractivity contribution in [2.45, 2.75) is 6.92 Å². The minimum Gasteiger partial charge on any atom is -0.325 e. The molecule has 0 bridgehead atoms. The Morgan fingerprint density at radius 3 is 2.69 bits per heavy atom. The monoisotopic (exact) mass is 173 g/mol. The van der Waals surface area contributed by atoms with Crippen molar-refractivity contribution < 1.29 is 0 Å². The van der Waals surface area contributed by atoms with Crippen LogP contribution in [0.3, 0.4) is 0 Å². The Hall–Kier alpha value is -1.84. The molecule has 65 valence electrons. The zero-order valence-corrected chi connectivity index (χ0v) is 7.20. The van der Waals surface area contributed by atoms with Gasteiger partial charge in [0.25, 0.3) is 0 Å². The molecule has 0 saturated carbocycles. The summed E-state index contributed by atoms with van der Waals surface area (Å²) in [5, 5.41) is 9.34. The second-order valence-electron chi connectivity index (χ2n) is 2.78. The van der Waals surface area contributed by atoms with Crippen molar-refractivity contribution in [1.29, 1.82) is 0 Å². The second kappa shape index (κ2) is 3.26. The summed E-state index contributed by atoms with van der Waals surface area (Å²) in [4.78, 5) is 3.83. The smallest absolute Gasteiger partial charge is 0.223 e. The highest BCUT2D eigenvalue weighted by Crippen LogP contribution is 2.11. The minimum absolute atomic E-state index is 0.601. The summed E-state index contributed by atoms with van der Waals surface area (Å²) in [6.45, 7) is 2.05. The number of aromatic nitrogens is 3. The largest absolute Gasteiger partial charge is 0.325 e. The van der Waals surface area contributed by atoms with E-state index in [2.05, 4.69) is 26.8 Å². The summed E-state index contributed by atoms with van der Waals surface area (Å²) in [6, 6.07) is 8.03. The van der Waals surface area contributed by atoms with Crippen LogP contribution in [-0.4, -0.2) is 15.2 Å². The highest BCUT2D eigenvalue weighted by Gasteiger charge is 1.95. The molecular weight excluding hydrogens is 164 g/mol. The molecule has 0 fully saturated rings. The Morgan fingerprint density at radius 2 is 2.08 bits per heavy atom. The van der Waals surface area contributed by atoms with Crippen LogP contribution in [0.2, 0.25) is 0 Å². The van der Waals surface area contributed by atoms with Crippen LogP contribution < -0.4 is 5.32 Å². The van der Waals surface area contributed by atoms with Gasteiger partial charge < -0.3 is 5.32 Å². The zero-order chi connectivity index (χ0) is 9.10. The van der Waals surface area contributed by atoms with E-state index < -0.39 is 0 Å². The fourth-order valence-electron chi connectivity index (χ4n) is 1.01. The number of nitrogens with zero attached hydrogens (tertiary/aromatic N) is 2. The van der Waals surface area contributed by atoms with Gasteiger partial charge in [0.2, 0.25) is 12.3 Å². The fourth-order valence-corrected chi connectivity index (χ4v) is 1.01. The van der Waals surface area contributed by atoms with Gasteiger partial charge in [-0.15, -0.1) is 5.10 Å². The van der Waals surface area contributed by atoms with Gasteiger partial charge in [-0.25, -0.2) is 5.10 Å². The molecule has 4 nitrogen and oxygen atoms in total. The van der Waals surface area contributed by atoms with Crippen LogP contribution in [0, 0.1) is 13.3 Å². The average Bonchev–Trinajstić information content (AvgIpc) is 2.62. The number of H-pyrrole nitrogens is 1. The van der Waals surface area contributed by atoms with E-state index in [9.17, 15) is 0 Å². The van der Waals surface area contributed by atoms with Gasteiger partial charge in [-0.05, 0) is 19.1 Å². The molecule has 2 N–H and O–H groups in total. The molecule has 0 amide bonds. The van der Waals surface area contributed by atoms with Crippen LogP contribution in [-0.2, 0) is 0 Å². The van der Waals surface area contributed by atoms with Crippen LogP contribution in [0.5, 0.6) is 0 Å².